The molecule has 1 aliphatic rings. The van der Waals surface area contributed by atoms with E-state index in [1.54, 1.807) is 34.8 Å². The molecule has 1 aromatic heterocycles. The molecule has 1 aliphatic heterocycles. The molecule has 0 spiro atoms. The number of rotatable bonds is 2. The van der Waals surface area contributed by atoms with Crippen molar-refractivity contribution in [3.05, 3.63) is 35.6 Å². The van der Waals surface area contributed by atoms with Crippen molar-refractivity contribution in [1.82, 2.24) is 9.29 Å². The standard InChI is InChI=1S/C15H17ClN2O2S/c1-11-5-2-3-10-18(11)21(19,20)14-7-4-6-13-12(14)8-9-17-15(13)16/h4,6-9,11H,2-3,5,10H2,1H3. The molecule has 1 aromatic carbocycles. The lowest BCUT2D eigenvalue weighted by Gasteiger charge is -2.32. The van der Waals surface area contributed by atoms with Crippen molar-refractivity contribution >= 4 is 32.4 Å². The molecular weight excluding hydrogens is 308 g/mol. The van der Waals surface area contributed by atoms with Crippen LogP contribution in [-0.4, -0.2) is 30.3 Å². The highest BCUT2D eigenvalue weighted by Crippen LogP contribution is 2.31. The molecule has 1 unspecified atom stereocenters. The summed E-state index contributed by atoms with van der Waals surface area (Å²) in [6, 6.07) is 6.91. The van der Waals surface area contributed by atoms with Gasteiger partial charge in [-0.1, -0.05) is 30.2 Å². The van der Waals surface area contributed by atoms with Gasteiger partial charge in [0.2, 0.25) is 10.0 Å². The third-order valence-corrected chi connectivity index (χ3v) is 6.42. The lowest BCUT2D eigenvalue weighted by atomic mass is 10.1. The molecule has 2 heterocycles. The van der Waals surface area contributed by atoms with E-state index in [0.29, 0.717) is 27.4 Å². The van der Waals surface area contributed by atoms with Gasteiger partial charge in [-0.15, -0.1) is 0 Å². The van der Waals surface area contributed by atoms with Crippen molar-refractivity contribution in [1.29, 1.82) is 0 Å². The lowest BCUT2D eigenvalue weighted by Crippen LogP contribution is -2.41. The molecule has 1 saturated heterocycles. The Bertz CT molecular complexity index is 776. The molecule has 0 radical (unpaired) electrons. The van der Waals surface area contributed by atoms with Crippen molar-refractivity contribution in [3.63, 3.8) is 0 Å². The van der Waals surface area contributed by atoms with Crippen LogP contribution in [0.4, 0.5) is 0 Å². The smallest absolute Gasteiger partial charge is 0.243 e. The third-order valence-electron chi connectivity index (χ3n) is 4.05. The van der Waals surface area contributed by atoms with E-state index in [4.69, 9.17) is 11.6 Å². The average Bonchev–Trinajstić information content (AvgIpc) is 2.47. The van der Waals surface area contributed by atoms with Crippen molar-refractivity contribution in [2.24, 2.45) is 0 Å². The van der Waals surface area contributed by atoms with E-state index >= 15 is 0 Å². The van der Waals surface area contributed by atoms with Gasteiger partial charge in [0.15, 0.2) is 0 Å². The fourth-order valence-electron chi connectivity index (χ4n) is 2.92. The highest BCUT2D eigenvalue weighted by molar-refractivity contribution is 7.89. The predicted molar refractivity (Wildman–Crippen MR) is 84.0 cm³/mol. The minimum atomic E-state index is -3.51. The van der Waals surface area contributed by atoms with Gasteiger partial charge in [0.05, 0.1) is 4.90 Å². The molecule has 0 N–H and O–H groups in total. The number of sulfonamides is 1. The summed E-state index contributed by atoms with van der Waals surface area (Å²) in [5, 5.41) is 1.64. The second-order valence-corrected chi connectivity index (χ2v) is 7.63. The predicted octanol–water partition coefficient (Wildman–Crippen LogP) is 3.45. The molecule has 0 bridgehead atoms. The number of nitrogens with zero attached hydrogens (tertiary/aromatic N) is 2. The Morgan fingerprint density at radius 2 is 2.05 bits per heavy atom. The minimum Gasteiger partial charge on any atom is -0.244 e. The van der Waals surface area contributed by atoms with Crippen molar-refractivity contribution in [3.8, 4) is 0 Å². The van der Waals surface area contributed by atoms with Crippen LogP contribution < -0.4 is 0 Å². The number of halogens is 1. The van der Waals surface area contributed by atoms with Crippen molar-refractivity contribution in [2.45, 2.75) is 37.1 Å². The lowest BCUT2D eigenvalue weighted by molar-refractivity contribution is 0.269. The highest BCUT2D eigenvalue weighted by atomic mass is 35.5. The maximum atomic E-state index is 13.0. The van der Waals surface area contributed by atoms with Gasteiger partial charge in [-0.3, -0.25) is 0 Å². The summed E-state index contributed by atoms with van der Waals surface area (Å²) in [5.74, 6) is 0. The van der Waals surface area contributed by atoms with Gasteiger partial charge in [0, 0.05) is 29.6 Å². The zero-order valence-corrected chi connectivity index (χ0v) is 13.4. The van der Waals surface area contributed by atoms with Crippen LogP contribution in [0.15, 0.2) is 35.4 Å². The maximum absolute atomic E-state index is 13.0. The van der Waals surface area contributed by atoms with Gasteiger partial charge in [0.25, 0.3) is 0 Å². The van der Waals surface area contributed by atoms with Crippen LogP contribution in [0.2, 0.25) is 5.15 Å². The molecule has 0 aliphatic carbocycles. The van der Waals surface area contributed by atoms with E-state index < -0.39 is 10.0 Å². The van der Waals surface area contributed by atoms with E-state index in [2.05, 4.69) is 4.98 Å². The van der Waals surface area contributed by atoms with Gasteiger partial charge in [-0.2, -0.15) is 4.31 Å². The van der Waals surface area contributed by atoms with Crippen LogP contribution in [-0.2, 0) is 10.0 Å². The summed E-state index contributed by atoms with van der Waals surface area (Å²) in [7, 11) is -3.51. The molecule has 21 heavy (non-hydrogen) atoms. The van der Waals surface area contributed by atoms with Crippen LogP contribution in [0.3, 0.4) is 0 Å². The summed E-state index contributed by atoms with van der Waals surface area (Å²) in [6.07, 6.45) is 4.45. The molecule has 6 heteroatoms. The first-order chi connectivity index (χ1) is 10.0. The van der Waals surface area contributed by atoms with Gasteiger partial charge < -0.3 is 0 Å². The first-order valence-corrected chi connectivity index (χ1v) is 8.88. The number of fused-ring (bicyclic) bond motifs is 1. The van der Waals surface area contributed by atoms with E-state index in [9.17, 15) is 8.42 Å². The molecule has 1 fully saturated rings. The van der Waals surface area contributed by atoms with Crippen LogP contribution >= 0.6 is 11.6 Å². The van der Waals surface area contributed by atoms with Gasteiger partial charge in [0.1, 0.15) is 5.15 Å². The first-order valence-electron chi connectivity index (χ1n) is 7.07. The van der Waals surface area contributed by atoms with Crippen LogP contribution in [0, 0.1) is 0 Å². The van der Waals surface area contributed by atoms with Crippen molar-refractivity contribution in [2.75, 3.05) is 6.54 Å². The largest absolute Gasteiger partial charge is 0.244 e. The fraction of sp³-hybridized carbons (Fsp3) is 0.400. The molecule has 2 aromatic rings. The summed E-state index contributed by atoms with van der Waals surface area (Å²) < 4.78 is 27.6. The number of hydrogen-bond acceptors (Lipinski definition) is 3. The monoisotopic (exact) mass is 324 g/mol. The first kappa shape index (κ1) is 14.8. The summed E-state index contributed by atoms with van der Waals surface area (Å²) in [6.45, 7) is 2.55. The number of hydrogen-bond donors (Lipinski definition) is 0. The topological polar surface area (TPSA) is 50.3 Å². The number of benzene rings is 1. The minimum absolute atomic E-state index is 0.0383. The molecule has 0 saturated carbocycles. The van der Waals surface area contributed by atoms with Crippen LogP contribution in [0.5, 0.6) is 0 Å². The Hall–Kier alpha value is -1.17. The Kier molecular flexibility index (Phi) is 3.90. The van der Waals surface area contributed by atoms with Crippen molar-refractivity contribution < 1.29 is 8.42 Å². The molecular formula is C15H17ClN2O2S. The zero-order valence-electron chi connectivity index (χ0n) is 11.8. The molecule has 4 nitrogen and oxygen atoms in total. The number of pyridine rings is 1. The van der Waals surface area contributed by atoms with Gasteiger partial charge >= 0.3 is 0 Å². The molecule has 1 atom stereocenters. The second-order valence-electron chi connectivity index (χ2n) is 5.41. The second kappa shape index (κ2) is 5.55. The number of aromatic nitrogens is 1. The highest BCUT2D eigenvalue weighted by Gasteiger charge is 2.32. The van der Waals surface area contributed by atoms with E-state index in [1.165, 1.54) is 0 Å². The summed E-state index contributed by atoms with van der Waals surface area (Å²) >= 11 is 6.07. The Labute approximate surface area is 129 Å². The van der Waals surface area contributed by atoms with E-state index in [-0.39, 0.29) is 6.04 Å². The average molecular weight is 325 g/mol. The molecule has 0 amide bonds. The zero-order chi connectivity index (χ0) is 15.0. The van der Waals surface area contributed by atoms with Crippen LogP contribution in [0.25, 0.3) is 10.8 Å². The van der Waals surface area contributed by atoms with Gasteiger partial charge in [-0.25, -0.2) is 13.4 Å². The van der Waals surface area contributed by atoms with E-state index in [1.807, 2.05) is 6.92 Å². The summed E-state index contributed by atoms with van der Waals surface area (Å²) in [5.41, 5.74) is 0. The SMILES string of the molecule is CC1CCCCN1S(=O)(=O)c1cccc2c(Cl)nccc12. The van der Waals surface area contributed by atoms with E-state index in [0.717, 1.165) is 19.3 Å². The Morgan fingerprint density at radius 1 is 1.24 bits per heavy atom. The normalized spacial score (nSPS) is 20.8. The Balaban J connectivity index is 2.17. The fourth-order valence-corrected chi connectivity index (χ4v) is 5.05. The van der Waals surface area contributed by atoms with Crippen LogP contribution in [0.1, 0.15) is 26.2 Å². The molecule has 3 rings (SSSR count). The molecule has 112 valence electrons. The Morgan fingerprint density at radius 3 is 2.81 bits per heavy atom. The maximum Gasteiger partial charge on any atom is 0.243 e. The van der Waals surface area contributed by atoms with Gasteiger partial charge in [-0.05, 0) is 31.9 Å². The quantitative estimate of drug-likeness (QED) is 0.795. The third kappa shape index (κ3) is 2.54. The summed E-state index contributed by atoms with van der Waals surface area (Å²) in [4.78, 5) is 4.33. The number of piperidine rings is 1.